The van der Waals surface area contributed by atoms with Gasteiger partial charge in [0.05, 0.1) is 10.2 Å². The van der Waals surface area contributed by atoms with Crippen LogP contribution >= 0.6 is 27.5 Å². The molecule has 5 heteroatoms. The Balaban J connectivity index is 1.96. The molecule has 104 valence electrons. The molecule has 0 spiro atoms. The van der Waals surface area contributed by atoms with Crippen LogP contribution in [0.1, 0.15) is 62.1 Å². The molecular weight excluding hydrogens is 328 g/mol. The topological polar surface area (TPSA) is 35.0 Å². The normalized spacial score (nSPS) is 21.8. The molecule has 0 amide bonds. The first-order valence-corrected chi connectivity index (χ1v) is 8.13. The fourth-order valence-electron chi connectivity index (χ4n) is 2.96. The van der Waals surface area contributed by atoms with E-state index in [1.54, 1.807) is 7.11 Å². The molecule has 1 aromatic rings. The number of ether oxygens (including phenoxy) is 1. The fraction of sp³-hybridized carbons (Fsp3) is 0.714. The number of halogens is 2. The average molecular weight is 346 g/mol. The molecule has 2 aliphatic rings. The first-order valence-electron chi connectivity index (χ1n) is 6.96. The fourth-order valence-corrected chi connectivity index (χ4v) is 3.64. The lowest BCUT2D eigenvalue weighted by molar-refractivity contribution is 0.0769. The summed E-state index contributed by atoms with van der Waals surface area (Å²) in [5.41, 5.74) is 1.08. The molecule has 1 heterocycles. The Labute approximate surface area is 127 Å². The minimum absolute atomic E-state index is 0.00533. The summed E-state index contributed by atoms with van der Waals surface area (Å²) >= 11 is 9.82. The van der Waals surface area contributed by atoms with E-state index in [9.17, 15) is 0 Å². The Morgan fingerprint density at radius 3 is 2.47 bits per heavy atom. The third-order valence-electron chi connectivity index (χ3n) is 4.15. The lowest BCUT2D eigenvalue weighted by Crippen LogP contribution is -2.12. The summed E-state index contributed by atoms with van der Waals surface area (Å²) in [5, 5.41) is 0.523. The van der Waals surface area contributed by atoms with Crippen LogP contribution in [0.5, 0.6) is 0 Å². The maximum absolute atomic E-state index is 6.27. The van der Waals surface area contributed by atoms with E-state index in [4.69, 9.17) is 21.3 Å². The van der Waals surface area contributed by atoms with E-state index in [2.05, 4.69) is 20.9 Å². The summed E-state index contributed by atoms with van der Waals surface area (Å²) in [6.07, 6.45) is 7.38. The Morgan fingerprint density at radius 2 is 1.89 bits per heavy atom. The van der Waals surface area contributed by atoms with E-state index in [1.807, 2.05) is 0 Å². The monoisotopic (exact) mass is 344 g/mol. The van der Waals surface area contributed by atoms with Crippen LogP contribution in [-0.4, -0.2) is 17.1 Å². The first kappa shape index (κ1) is 13.8. The van der Waals surface area contributed by atoms with Gasteiger partial charge in [-0.15, -0.1) is 0 Å². The van der Waals surface area contributed by atoms with Gasteiger partial charge in [0.25, 0.3) is 0 Å². The van der Waals surface area contributed by atoms with Crippen molar-refractivity contribution in [1.82, 2.24) is 9.97 Å². The van der Waals surface area contributed by atoms with E-state index < -0.39 is 0 Å². The Bertz CT molecular complexity index is 473. The largest absolute Gasteiger partial charge is 0.373 e. The van der Waals surface area contributed by atoms with Gasteiger partial charge in [-0.3, -0.25) is 0 Å². The molecule has 3 rings (SSSR count). The summed E-state index contributed by atoms with van der Waals surface area (Å²) in [6.45, 7) is 0. The van der Waals surface area contributed by atoms with Gasteiger partial charge in [-0.2, -0.15) is 0 Å². The van der Waals surface area contributed by atoms with Crippen molar-refractivity contribution in [3.63, 3.8) is 0 Å². The molecule has 0 N–H and O–H groups in total. The zero-order valence-electron chi connectivity index (χ0n) is 11.0. The third-order valence-corrected chi connectivity index (χ3v) is 5.44. The molecule has 0 bridgehead atoms. The second-order valence-electron chi connectivity index (χ2n) is 5.55. The zero-order chi connectivity index (χ0) is 13.4. The Kier molecular flexibility index (Phi) is 4.11. The van der Waals surface area contributed by atoms with Gasteiger partial charge in [0.1, 0.15) is 11.3 Å². The summed E-state index contributed by atoms with van der Waals surface area (Å²) in [7, 11) is 1.73. The van der Waals surface area contributed by atoms with E-state index in [0.717, 1.165) is 16.0 Å². The maximum atomic E-state index is 6.27. The van der Waals surface area contributed by atoms with Crippen LogP contribution in [0.25, 0.3) is 0 Å². The molecule has 1 unspecified atom stereocenters. The minimum atomic E-state index is 0.00533. The standard InChI is InChI=1S/C14H18BrClN2O/c1-19-12(9-6-7-9)14-17-11(8-4-2-3-5-8)10(15)13(16)18-14/h8-9,12H,2-7H2,1H3. The maximum Gasteiger partial charge on any atom is 0.159 e. The quantitative estimate of drug-likeness (QED) is 0.745. The number of rotatable bonds is 4. The van der Waals surface area contributed by atoms with Crippen LogP contribution in [0.3, 0.4) is 0 Å². The van der Waals surface area contributed by atoms with Crippen molar-refractivity contribution in [2.75, 3.05) is 7.11 Å². The van der Waals surface area contributed by atoms with Gasteiger partial charge in [-0.05, 0) is 47.5 Å². The highest BCUT2D eigenvalue weighted by molar-refractivity contribution is 9.10. The number of nitrogens with zero attached hydrogens (tertiary/aromatic N) is 2. The lowest BCUT2D eigenvalue weighted by atomic mass is 10.0. The molecule has 2 saturated carbocycles. The van der Waals surface area contributed by atoms with Gasteiger partial charge in [0.2, 0.25) is 0 Å². The van der Waals surface area contributed by atoms with Crippen molar-refractivity contribution < 1.29 is 4.74 Å². The summed E-state index contributed by atoms with van der Waals surface area (Å²) in [6, 6.07) is 0. The van der Waals surface area contributed by atoms with Crippen LogP contribution in [0.2, 0.25) is 5.15 Å². The van der Waals surface area contributed by atoms with E-state index in [1.165, 1.54) is 38.5 Å². The Hall–Kier alpha value is -0.190. The van der Waals surface area contributed by atoms with Crippen LogP contribution in [-0.2, 0) is 4.74 Å². The third kappa shape index (κ3) is 2.81. The molecule has 0 radical (unpaired) electrons. The Morgan fingerprint density at radius 1 is 1.21 bits per heavy atom. The van der Waals surface area contributed by atoms with Crippen LogP contribution in [0.15, 0.2) is 4.47 Å². The van der Waals surface area contributed by atoms with Gasteiger partial charge in [0.15, 0.2) is 5.82 Å². The van der Waals surface area contributed by atoms with Crippen LogP contribution in [0, 0.1) is 5.92 Å². The van der Waals surface area contributed by atoms with Gasteiger partial charge in [0, 0.05) is 13.0 Å². The molecule has 0 aromatic carbocycles. The predicted molar refractivity (Wildman–Crippen MR) is 78.4 cm³/mol. The predicted octanol–water partition coefficient (Wildman–Crippen LogP) is 4.65. The van der Waals surface area contributed by atoms with E-state index in [0.29, 0.717) is 17.0 Å². The molecule has 0 saturated heterocycles. The van der Waals surface area contributed by atoms with Gasteiger partial charge < -0.3 is 4.74 Å². The minimum Gasteiger partial charge on any atom is -0.373 e. The molecule has 1 aromatic heterocycles. The van der Waals surface area contributed by atoms with Crippen molar-refractivity contribution in [3.8, 4) is 0 Å². The van der Waals surface area contributed by atoms with Crippen LogP contribution < -0.4 is 0 Å². The number of hydrogen-bond acceptors (Lipinski definition) is 3. The second kappa shape index (κ2) is 5.66. The molecule has 19 heavy (non-hydrogen) atoms. The van der Waals surface area contributed by atoms with E-state index >= 15 is 0 Å². The molecule has 2 fully saturated rings. The molecule has 0 aliphatic heterocycles. The van der Waals surface area contributed by atoms with Crippen molar-refractivity contribution in [2.24, 2.45) is 5.92 Å². The van der Waals surface area contributed by atoms with E-state index in [-0.39, 0.29) is 6.10 Å². The van der Waals surface area contributed by atoms with Crippen molar-refractivity contribution in [3.05, 3.63) is 21.1 Å². The molecular formula is C14H18BrClN2O. The molecule has 1 atom stereocenters. The zero-order valence-corrected chi connectivity index (χ0v) is 13.4. The first-order chi connectivity index (χ1) is 9.20. The van der Waals surface area contributed by atoms with Crippen molar-refractivity contribution in [2.45, 2.75) is 50.5 Å². The van der Waals surface area contributed by atoms with Gasteiger partial charge >= 0.3 is 0 Å². The number of methoxy groups -OCH3 is 1. The smallest absolute Gasteiger partial charge is 0.159 e. The highest BCUT2D eigenvalue weighted by Gasteiger charge is 2.35. The summed E-state index contributed by atoms with van der Waals surface area (Å²) < 4.78 is 6.44. The average Bonchev–Trinajstić information content (AvgIpc) is 3.08. The molecule has 3 nitrogen and oxygen atoms in total. The van der Waals surface area contributed by atoms with Gasteiger partial charge in [-0.1, -0.05) is 24.4 Å². The van der Waals surface area contributed by atoms with Crippen molar-refractivity contribution >= 4 is 27.5 Å². The summed E-state index contributed by atoms with van der Waals surface area (Å²) in [4.78, 5) is 9.20. The lowest BCUT2D eigenvalue weighted by Gasteiger charge is -2.17. The highest BCUT2D eigenvalue weighted by Crippen LogP contribution is 2.44. The van der Waals surface area contributed by atoms with Crippen molar-refractivity contribution in [1.29, 1.82) is 0 Å². The second-order valence-corrected chi connectivity index (χ2v) is 6.70. The van der Waals surface area contributed by atoms with Crippen LogP contribution in [0.4, 0.5) is 0 Å². The number of hydrogen-bond donors (Lipinski definition) is 0. The van der Waals surface area contributed by atoms with Gasteiger partial charge in [-0.25, -0.2) is 9.97 Å². The number of aromatic nitrogens is 2. The highest BCUT2D eigenvalue weighted by atomic mass is 79.9. The SMILES string of the molecule is COC(c1nc(Cl)c(Br)c(C2CCCC2)n1)C1CC1. The molecule has 2 aliphatic carbocycles. The summed E-state index contributed by atoms with van der Waals surface area (Å²) in [5.74, 6) is 1.85.